The molecule has 4 aliphatic rings. The molecule has 0 aliphatic heterocycles. The van der Waals surface area contributed by atoms with Gasteiger partial charge in [-0.25, -0.2) is 18.9 Å². The van der Waals surface area contributed by atoms with Gasteiger partial charge in [0.1, 0.15) is 12.0 Å². The summed E-state index contributed by atoms with van der Waals surface area (Å²) in [5, 5.41) is 41.1. The highest BCUT2D eigenvalue weighted by Crippen LogP contribution is 2.36. The predicted octanol–water partition coefficient (Wildman–Crippen LogP) is 3.48. The molecule has 0 radical (unpaired) electrons. The highest BCUT2D eigenvalue weighted by molar-refractivity contribution is 7.80. The first-order valence-corrected chi connectivity index (χ1v) is 17.0. The molecule has 4 aliphatic carbocycles. The molecule has 4 fully saturated rings. The second-order valence-corrected chi connectivity index (χ2v) is 14.1. The first kappa shape index (κ1) is 35.5. The number of hydrogen-bond acceptors (Lipinski definition) is 13. The fourth-order valence-corrected chi connectivity index (χ4v) is 8.66. The molecule has 0 saturated heterocycles. The lowest BCUT2D eigenvalue weighted by Gasteiger charge is -2.33. The zero-order valence-electron chi connectivity index (χ0n) is 25.2. The minimum Gasteiger partial charge on any atom is -0.481 e. The third kappa shape index (κ3) is 9.60. The topological polar surface area (TPSA) is 224 Å². The number of carboxylic acid groups (broad SMARTS) is 1. The summed E-state index contributed by atoms with van der Waals surface area (Å²) in [5.41, 5.74) is 0. The van der Waals surface area contributed by atoms with Gasteiger partial charge < -0.3 is 9.84 Å². The van der Waals surface area contributed by atoms with Crippen molar-refractivity contribution in [1.29, 1.82) is 0 Å². The number of esters is 1. The van der Waals surface area contributed by atoms with E-state index in [4.69, 9.17) is 24.0 Å². The van der Waals surface area contributed by atoms with Crippen molar-refractivity contribution in [2.75, 3.05) is 13.2 Å². The molecule has 0 spiro atoms. The van der Waals surface area contributed by atoms with Gasteiger partial charge in [0.15, 0.2) is 11.1 Å². The van der Waals surface area contributed by atoms with Crippen molar-refractivity contribution in [3.8, 4) is 0 Å². The SMILES string of the molecule is O=C(O)C1CCCC([N+](=O)[O-])C1C(=O)OC1CCC(S(=O)OC2CCC(OOCC3C(COO)CCCC3[N+](=O)[O-])CC2)CC1. The second kappa shape index (κ2) is 17.0. The van der Waals surface area contributed by atoms with E-state index in [1.165, 1.54) is 0 Å². The van der Waals surface area contributed by atoms with E-state index < -0.39 is 63.9 Å². The van der Waals surface area contributed by atoms with Gasteiger partial charge in [0.25, 0.3) is 0 Å². The summed E-state index contributed by atoms with van der Waals surface area (Å²) in [6, 6.07) is -2.07. The first-order valence-electron chi connectivity index (χ1n) is 15.9. The van der Waals surface area contributed by atoms with Crippen LogP contribution in [0.5, 0.6) is 0 Å². The number of rotatable bonds is 14. The van der Waals surface area contributed by atoms with Crippen LogP contribution < -0.4 is 0 Å². The maximum Gasteiger partial charge on any atom is 0.317 e. The standard InChI is InChI=1S/C28H44N2O14S/c31-27(32)22-4-2-6-25(30(36)37)26(22)28(33)42-18-11-13-21(14-12-18)45(39)44-20-9-7-19(8-10-20)43-41-16-23-17(15-40-38)3-1-5-24(23)29(34)35/h17-26,38H,1-16H2,(H,31,32). The van der Waals surface area contributed by atoms with Crippen molar-refractivity contribution in [3.05, 3.63) is 20.2 Å². The van der Waals surface area contributed by atoms with Crippen LogP contribution in [-0.2, 0) is 44.3 Å². The van der Waals surface area contributed by atoms with E-state index in [2.05, 4.69) is 4.89 Å². The number of carbonyl (C=O) groups is 2. The lowest BCUT2D eigenvalue weighted by atomic mass is 9.76. The lowest BCUT2D eigenvalue weighted by molar-refractivity contribution is -0.542. The molecule has 0 amide bonds. The van der Waals surface area contributed by atoms with Crippen LogP contribution in [0.25, 0.3) is 0 Å². The molecule has 16 nitrogen and oxygen atoms in total. The molecule has 4 saturated carbocycles. The van der Waals surface area contributed by atoms with E-state index in [9.17, 15) is 39.1 Å². The van der Waals surface area contributed by atoms with E-state index in [0.29, 0.717) is 77.0 Å². The molecule has 0 aromatic rings. The van der Waals surface area contributed by atoms with Crippen molar-refractivity contribution in [3.63, 3.8) is 0 Å². The van der Waals surface area contributed by atoms with Gasteiger partial charge in [-0.1, -0.05) is 0 Å². The third-order valence-electron chi connectivity index (χ3n) is 9.95. The Morgan fingerprint density at radius 3 is 2.00 bits per heavy atom. The Bertz CT molecular complexity index is 1020. The second-order valence-electron chi connectivity index (χ2n) is 12.7. The maximum atomic E-state index is 13.0. The van der Waals surface area contributed by atoms with Gasteiger partial charge in [-0.05, 0) is 83.0 Å². The zero-order chi connectivity index (χ0) is 32.5. The Labute approximate surface area is 263 Å². The fourth-order valence-electron chi connectivity index (χ4n) is 7.39. The summed E-state index contributed by atoms with van der Waals surface area (Å²) in [6.07, 6.45) is 5.65. The maximum absolute atomic E-state index is 13.0. The number of carbonyl (C=O) groups excluding carboxylic acids is 1. The number of hydrogen-bond donors (Lipinski definition) is 2. The molecule has 17 heteroatoms. The van der Waals surface area contributed by atoms with Crippen molar-refractivity contribution in [2.24, 2.45) is 23.7 Å². The van der Waals surface area contributed by atoms with Crippen LogP contribution in [0.2, 0.25) is 0 Å². The van der Waals surface area contributed by atoms with Crippen LogP contribution in [0.3, 0.4) is 0 Å². The van der Waals surface area contributed by atoms with E-state index >= 15 is 0 Å². The molecule has 7 unspecified atom stereocenters. The Balaban J connectivity index is 1.15. The quantitative estimate of drug-likeness (QED) is 0.117. The highest BCUT2D eigenvalue weighted by atomic mass is 32.2. The molecule has 0 aromatic heterocycles. The predicted molar refractivity (Wildman–Crippen MR) is 154 cm³/mol. The molecule has 7 atom stereocenters. The Kier molecular flexibility index (Phi) is 13.4. The zero-order valence-corrected chi connectivity index (χ0v) is 26.0. The Morgan fingerprint density at radius 2 is 1.38 bits per heavy atom. The first-order chi connectivity index (χ1) is 21.6. The van der Waals surface area contributed by atoms with Gasteiger partial charge in [-0.3, -0.25) is 39.3 Å². The van der Waals surface area contributed by atoms with Crippen LogP contribution in [-0.4, -0.2) is 85.2 Å². The van der Waals surface area contributed by atoms with Crippen molar-refractivity contribution < 1.29 is 57.6 Å². The normalized spacial score (nSPS) is 36.5. The number of aliphatic carboxylic acids is 1. The molecule has 4 rings (SSSR count). The highest BCUT2D eigenvalue weighted by Gasteiger charge is 2.50. The van der Waals surface area contributed by atoms with E-state index in [1.54, 1.807) is 0 Å². The van der Waals surface area contributed by atoms with Crippen LogP contribution in [0.15, 0.2) is 0 Å². The molecule has 45 heavy (non-hydrogen) atoms. The van der Waals surface area contributed by atoms with Gasteiger partial charge in [0, 0.05) is 22.7 Å². The molecule has 256 valence electrons. The molecule has 0 bridgehead atoms. The minimum absolute atomic E-state index is 0.00278. The summed E-state index contributed by atoms with van der Waals surface area (Å²) < 4.78 is 24.4. The molecule has 0 heterocycles. The average Bonchev–Trinajstić information content (AvgIpc) is 3.02. The van der Waals surface area contributed by atoms with Gasteiger partial charge in [0.2, 0.25) is 12.1 Å². The van der Waals surface area contributed by atoms with Gasteiger partial charge in [-0.15, -0.1) is 0 Å². The number of nitro groups is 2. The van der Waals surface area contributed by atoms with E-state index in [-0.39, 0.29) is 54.4 Å². The molecular weight excluding hydrogens is 620 g/mol. The van der Waals surface area contributed by atoms with Gasteiger partial charge >= 0.3 is 11.9 Å². The van der Waals surface area contributed by atoms with Crippen molar-refractivity contribution in [1.82, 2.24) is 0 Å². The molecule has 2 N–H and O–H groups in total. The number of nitrogens with zero attached hydrogens (tertiary/aromatic N) is 2. The summed E-state index contributed by atoms with van der Waals surface area (Å²) in [5.74, 6) is -5.19. The summed E-state index contributed by atoms with van der Waals surface area (Å²) in [4.78, 5) is 62.0. The lowest BCUT2D eigenvalue weighted by Crippen LogP contribution is -2.47. The fraction of sp³-hybridized carbons (Fsp3) is 0.929. The van der Waals surface area contributed by atoms with Crippen molar-refractivity contribution >= 4 is 23.0 Å². The smallest absolute Gasteiger partial charge is 0.317 e. The van der Waals surface area contributed by atoms with Crippen LogP contribution in [0, 0.1) is 43.9 Å². The van der Waals surface area contributed by atoms with E-state index in [0.717, 1.165) is 0 Å². The van der Waals surface area contributed by atoms with Crippen LogP contribution >= 0.6 is 0 Å². The monoisotopic (exact) mass is 664 g/mol. The Morgan fingerprint density at radius 1 is 0.778 bits per heavy atom. The largest absolute Gasteiger partial charge is 0.481 e. The summed E-state index contributed by atoms with van der Waals surface area (Å²) in [7, 11) is 0. The molecular formula is C28H44N2O14S. The van der Waals surface area contributed by atoms with Gasteiger partial charge in [-0.2, -0.15) is 0 Å². The van der Waals surface area contributed by atoms with E-state index in [1.807, 2.05) is 0 Å². The third-order valence-corrected chi connectivity index (χ3v) is 11.4. The van der Waals surface area contributed by atoms with Crippen LogP contribution in [0.4, 0.5) is 0 Å². The Hall–Kier alpha value is -2.31. The average molecular weight is 665 g/mol. The van der Waals surface area contributed by atoms with Crippen molar-refractivity contribution in [2.45, 2.75) is 126 Å². The van der Waals surface area contributed by atoms with Gasteiger partial charge in [0.05, 0.1) is 42.5 Å². The summed E-state index contributed by atoms with van der Waals surface area (Å²) >= 11 is -1.57. The summed E-state index contributed by atoms with van der Waals surface area (Å²) in [6.45, 7) is 0.0258. The number of ether oxygens (including phenoxy) is 1. The molecule has 0 aromatic carbocycles. The minimum atomic E-state index is -1.57. The van der Waals surface area contributed by atoms with Crippen LogP contribution in [0.1, 0.15) is 89.9 Å². The number of carboxylic acids is 1.